The van der Waals surface area contributed by atoms with Crippen LogP contribution in [0.5, 0.6) is 0 Å². The number of halogens is 1. The first-order chi connectivity index (χ1) is 8.40. The highest BCUT2D eigenvalue weighted by molar-refractivity contribution is 6.30. The largest absolute Gasteiger partial charge is 0.335 e. The molecular formula is C14H21ClN2O. The van der Waals surface area contributed by atoms with Crippen LogP contribution in [0.15, 0.2) is 24.3 Å². The number of benzene rings is 1. The summed E-state index contributed by atoms with van der Waals surface area (Å²) < 4.78 is 0. The number of nitrogens with one attached hydrogen (secondary N) is 1. The van der Waals surface area contributed by atoms with Crippen molar-refractivity contribution < 1.29 is 4.79 Å². The fourth-order valence-electron chi connectivity index (χ4n) is 1.41. The second-order valence-corrected chi connectivity index (χ2v) is 5.40. The third-order valence-corrected chi connectivity index (χ3v) is 3.28. The Labute approximate surface area is 114 Å². The monoisotopic (exact) mass is 268 g/mol. The highest BCUT2D eigenvalue weighted by atomic mass is 35.5. The third kappa shape index (κ3) is 4.57. The molecule has 18 heavy (non-hydrogen) atoms. The lowest BCUT2D eigenvalue weighted by Crippen LogP contribution is -2.43. The van der Waals surface area contributed by atoms with E-state index in [2.05, 4.69) is 19.2 Å². The maximum atomic E-state index is 11.9. The van der Waals surface area contributed by atoms with Crippen molar-refractivity contribution in [3.8, 4) is 0 Å². The minimum atomic E-state index is -0.0499. The Kier molecular flexibility index (Phi) is 5.48. The summed E-state index contributed by atoms with van der Waals surface area (Å²) >= 11 is 5.82. The first-order valence-corrected chi connectivity index (χ1v) is 6.54. The van der Waals surface area contributed by atoms with Gasteiger partial charge in [-0.15, -0.1) is 0 Å². The van der Waals surface area contributed by atoms with Gasteiger partial charge in [0, 0.05) is 24.7 Å². The molecule has 0 aliphatic heterocycles. The van der Waals surface area contributed by atoms with Gasteiger partial charge in [-0.25, -0.2) is 4.79 Å². The van der Waals surface area contributed by atoms with E-state index in [-0.39, 0.29) is 12.1 Å². The van der Waals surface area contributed by atoms with E-state index in [1.807, 2.05) is 31.2 Å². The van der Waals surface area contributed by atoms with Crippen molar-refractivity contribution in [3.05, 3.63) is 34.9 Å². The molecule has 0 heterocycles. The lowest BCUT2D eigenvalue weighted by molar-refractivity contribution is 0.200. The maximum absolute atomic E-state index is 11.9. The van der Waals surface area contributed by atoms with Gasteiger partial charge in [-0.1, -0.05) is 37.6 Å². The van der Waals surface area contributed by atoms with Crippen LogP contribution < -0.4 is 5.32 Å². The first-order valence-electron chi connectivity index (χ1n) is 6.16. The second kappa shape index (κ2) is 6.64. The summed E-state index contributed by atoms with van der Waals surface area (Å²) in [6.45, 7) is 6.76. The summed E-state index contributed by atoms with van der Waals surface area (Å²) in [4.78, 5) is 13.6. The van der Waals surface area contributed by atoms with Crippen molar-refractivity contribution in [1.29, 1.82) is 0 Å². The van der Waals surface area contributed by atoms with Gasteiger partial charge in [-0.3, -0.25) is 0 Å². The van der Waals surface area contributed by atoms with Crippen LogP contribution in [0.25, 0.3) is 0 Å². The van der Waals surface area contributed by atoms with Gasteiger partial charge in [0.1, 0.15) is 0 Å². The van der Waals surface area contributed by atoms with Gasteiger partial charge in [0.15, 0.2) is 0 Å². The molecule has 0 radical (unpaired) electrons. The van der Waals surface area contributed by atoms with E-state index < -0.39 is 0 Å². The first kappa shape index (κ1) is 14.8. The summed E-state index contributed by atoms with van der Waals surface area (Å²) in [7, 11) is 1.79. The zero-order valence-electron chi connectivity index (χ0n) is 11.4. The van der Waals surface area contributed by atoms with Gasteiger partial charge in [-0.2, -0.15) is 0 Å². The average Bonchev–Trinajstić information content (AvgIpc) is 2.31. The van der Waals surface area contributed by atoms with Gasteiger partial charge in [0.25, 0.3) is 0 Å². The number of carbonyl (C=O) groups excluding carboxylic acids is 1. The van der Waals surface area contributed by atoms with Crippen LogP contribution in [0.1, 0.15) is 26.3 Å². The Morgan fingerprint density at radius 3 is 2.33 bits per heavy atom. The van der Waals surface area contributed by atoms with E-state index in [0.29, 0.717) is 17.5 Å². The molecule has 0 aromatic heterocycles. The zero-order valence-corrected chi connectivity index (χ0v) is 12.2. The number of rotatable bonds is 4. The van der Waals surface area contributed by atoms with Crippen molar-refractivity contribution in [2.45, 2.75) is 33.4 Å². The SMILES string of the molecule is CC(C)C(C)NC(=O)N(C)Cc1ccc(Cl)cc1. The molecule has 1 rings (SSSR count). The molecule has 0 aliphatic carbocycles. The average molecular weight is 269 g/mol. The molecule has 1 aromatic carbocycles. The lowest BCUT2D eigenvalue weighted by Gasteiger charge is -2.23. The Morgan fingerprint density at radius 2 is 1.83 bits per heavy atom. The van der Waals surface area contributed by atoms with Crippen molar-refractivity contribution in [2.24, 2.45) is 5.92 Å². The summed E-state index contributed by atoms with van der Waals surface area (Å²) in [5.74, 6) is 0.429. The fourth-order valence-corrected chi connectivity index (χ4v) is 1.53. The van der Waals surface area contributed by atoms with Gasteiger partial charge >= 0.3 is 6.03 Å². The topological polar surface area (TPSA) is 32.3 Å². The van der Waals surface area contributed by atoms with Crippen LogP contribution in [-0.2, 0) is 6.54 Å². The van der Waals surface area contributed by atoms with Crippen molar-refractivity contribution in [1.82, 2.24) is 10.2 Å². The molecule has 4 heteroatoms. The summed E-state index contributed by atoms with van der Waals surface area (Å²) in [5, 5.41) is 3.68. The van der Waals surface area contributed by atoms with Gasteiger partial charge < -0.3 is 10.2 Å². The fraction of sp³-hybridized carbons (Fsp3) is 0.500. The molecule has 2 amide bonds. The number of nitrogens with zero attached hydrogens (tertiary/aromatic N) is 1. The quantitative estimate of drug-likeness (QED) is 0.890. The Balaban J connectivity index is 2.52. The van der Waals surface area contributed by atoms with E-state index in [0.717, 1.165) is 5.56 Å². The molecule has 0 saturated heterocycles. The van der Waals surface area contributed by atoms with Crippen molar-refractivity contribution in [3.63, 3.8) is 0 Å². The van der Waals surface area contributed by atoms with Crippen LogP contribution in [-0.4, -0.2) is 24.0 Å². The summed E-state index contributed by atoms with van der Waals surface area (Å²) in [6, 6.07) is 7.64. The van der Waals surface area contributed by atoms with Crippen LogP contribution in [0.2, 0.25) is 5.02 Å². The highest BCUT2D eigenvalue weighted by Crippen LogP contribution is 2.11. The number of urea groups is 1. The molecule has 0 aliphatic rings. The predicted octanol–water partition coefficient (Wildman–Crippen LogP) is 3.53. The van der Waals surface area contributed by atoms with Gasteiger partial charge in [0.2, 0.25) is 0 Å². The standard InChI is InChI=1S/C14H21ClN2O/c1-10(2)11(3)16-14(18)17(4)9-12-5-7-13(15)8-6-12/h5-8,10-11H,9H2,1-4H3,(H,16,18). The summed E-state index contributed by atoms with van der Waals surface area (Å²) in [5.41, 5.74) is 1.06. The normalized spacial score (nSPS) is 12.3. The van der Waals surface area contributed by atoms with E-state index in [1.165, 1.54) is 0 Å². The summed E-state index contributed by atoms with van der Waals surface area (Å²) in [6.07, 6.45) is 0. The molecule has 1 aromatic rings. The predicted molar refractivity (Wildman–Crippen MR) is 75.8 cm³/mol. The number of hydrogen-bond acceptors (Lipinski definition) is 1. The molecule has 0 fully saturated rings. The molecule has 1 unspecified atom stereocenters. The maximum Gasteiger partial charge on any atom is 0.317 e. The molecule has 1 atom stereocenters. The van der Waals surface area contributed by atoms with Crippen molar-refractivity contribution in [2.75, 3.05) is 7.05 Å². The second-order valence-electron chi connectivity index (χ2n) is 4.96. The smallest absolute Gasteiger partial charge is 0.317 e. The molecule has 3 nitrogen and oxygen atoms in total. The minimum Gasteiger partial charge on any atom is -0.335 e. The zero-order chi connectivity index (χ0) is 13.7. The van der Waals surface area contributed by atoms with Crippen LogP contribution in [0, 0.1) is 5.92 Å². The van der Waals surface area contributed by atoms with Crippen molar-refractivity contribution >= 4 is 17.6 Å². The van der Waals surface area contributed by atoms with Crippen LogP contribution >= 0.6 is 11.6 Å². The molecule has 100 valence electrons. The number of carbonyl (C=O) groups is 1. The number of amides is 2. The minimum absolute atomic E-state index is 0.0499. The van der Waals surface area contributed by atoms with E-state index >= 15 is 0 Å². The van der Waals surface area contributed by atoms with E-state index in [9.17, 15) is 4.79 Å². The lowest BCUT2D eigenvalue weighted by atomic mass is 10.1. The Bertz CT molecular complexity index is 389. The van der Waals surface area contributed by atoms with Gasteiger partial charge in [-0.05, 0) is 30.5 Å². The highest BCUT2D eigenvalue weighted by Gasteiger charge is 2.14. The molecule has 0 saturated carbocycles. The van der Waals surface area contributed by atoms with E-state index in [1.54, 1.807) is 11.9 Å². The van der Waals surface area contributed by atoms with Gasteiger partial charge in [0.05, 0.1) is 0 Å². The molecule has 0 bridgehead atoms. The Hall–Kier alpha value is -1.22. The van der Waals surface area contributed by atoms with Crippen LogP contribution in [0.3, 0.4) is 0 Å². The van der Waals surface area contributed by atoms with Crippen LogP contribution in [0.4, 0.5) is 4.79 Å². The van der Waals surface area contributed by atoms with E-state index in [4.69, 9.17) is 11.6 Å². The molecular weight excluding hydrogens is 248 g/mol. The Morgan fingerprint density at radius 1 is 1.28 bits per heavy atom. The molecule has 0 spiro atoms. The molecule has 1 N–H and O–H groups in total. The third-order valence-electron chi connectivity index (χ3n) is 3.03. The number of hydrogen-bond donors (Lipinski definition) is 1.